The smallest absolute Gasteiger partial charge is 0.0949 e. The first-order valence-electron chi connectivity index (χ1n) is 4.07. The number of nitrogens with zero attached hydrogens (tertiary/aromatic N) is 2. The van der Waals surface area contributed by atoms with Crippen LogP contribution in [0.3, 0.4) is 0 Å². The molecule has 1 heterocycles. The van der Waals surface area contributed by atoms with Crippen LogP contribution >= 0.6 is 0 Å². The van der Waals surface area contributed by atoms with Crippen molar-refractivity contribution in [3.8, 4) is 0 Å². The standard InChI is InChI=1S/C8H15N3/c1-2-8-6-11(7-10-8)5-3-4-9/h6-7H,2-5,9H2,1H3. The highest BCUT2D eigenvalue weighted by Gasteiger charge is 1.93. The maximum atomic E-state index is 5.38. The van der Waals surface area contributed by atoms with Crippen molar-refractivity contribution >= 4 is 0 Å². The molecule has 1 aromatic rings. The molecule has 0 spiro atoms. The zero-order valence-corrected chi connectivity index (χ0v) is 6.95. The third kappa shape index (κ3) is 2.35. The van der Waals surface area contributed by atoms with E-state index in [9.17, 15) is 0 Å². The molecule has 62 valence electrons. The number of hydrogen-bond donors (Lipinski definition) is 1. The van der Waals surface area contributed by atoms with E-state index in [1.54, 1.807) is 0 Å². The molecule has 3 nitrogen and oxygen atoms in total. The third-order valence-corrected chi connectivity index (χ3v) is 1.67. The Morgan fingerprint density at radius 1 is 1.64 bits per heavy atom. The van der Waals surface area contributed by atoms with E-state index in [0.29, 0.717) is 0 Å². The monoisotopic (exact) mass is 153 g/mol. The molecule has 0 saturated carbocycles. The van der Waals surface area contributed by atoms with Gasteiger partial charge in [-0.15, -0.1) is 0 Å². The average molecular weight is 153 g/mol. The maximum Gasteiger partial charge on any atom is 0.0949 e. The molecule has 1 aromatic heterocycles. The highest BCUT2D eigenvalue weighted by atomic mass is 15.0. The van der Waals surface area contributed by atoms with Gasteiger partial charge in [0.2, 0.25) is 0 Å². The van der Waals surface area contributed by atoms with E-state index in [1.165, 1.54) is 0 Å². The molecule has 0 bridgehead atoms. The molecular weight excluding hydrogens is 138 g/mol. The number of aryl methyl sites for hydroxylation is 2. The molecule has 1 rings (SSSR count). The summed E-state index contributed by atoms with van der Waals surface area (Å²) in [6.07, 6.45) is 5.99. The molecule has 0 saturated heterocycles. The van der Waals surface area contributed by atoms with Crippen LogP contribution in [0, 0.1) is 0 Å². The molecule has 0 radical (unpaired) electrons. The summed E-state index contributed by atoms with van der Waals surface area (Å²) in [6, 6.07) is 0. The van der Waals surface area contributed by atoms with E-state index >= 15 is 0 Å². The molecule has 0 aliphatic rings. The molecule has 0 aliphatic heterocycles. The van der Waals surface area contributed by atoms with Gasteiger partial charge in [-0.25, -0.2) is 4.98 Å². The predicted molar refractivity (Wildman–Crippen MR) is 45.3 cm³/mol. The second-order valence-corrected chi connectivity index (χ2v) is 2.60. The summed E-state index contributed by atoms with van der Waals surface area (Å²) < 4.78 is 2.09. The highest BCUT2D eigenvalue weighted by molar-refractivity contribution is 4.95. The van der Waals surface area contributed by atoms with Crippen LogP contribution in [-0.2, 0) is 13.0 Å². The van der Waals surface area contributed by atoms with Crippen LogP contribution in [0.2, 0.25) is 0 Å². The lowest BCUT2D eigenvalue weighted by atomic mass is 10.4. The molecule has 11 heavy (non-hydrogen) atoms. The van der Waals surface area contributed by atoms with Gasteiger partial charge in [-0.1, -0.05) is 6.92 Å². The second-order valence-electron chi connectivity index (χ2n) is 2.60. The fourth-order valence-electron chi connectivity index (χ4n) is 0.985. The zero-order chi connectivity index (χ0) is 8.10. The summed E-state index contributed by atoms with van der Waals surface area (Å²) in [4.78, 5) is 4.21. The fraction of sp³-hybridized carbons (Fsp3) is 0.625. The molecule has 0 aliphatic carbocycles. The van der Waals surface area contributed by atoms with Gasteiger partial charge in [0.15, 0.2) is 0 Å². The Kier molecular flexibility index (Phi) is 3.11. The molecule has 0 aromatic carbocycles. The molecule has 3 heteroatoms. The molecule has 0 atom stereocenters. The number of aromatic nitrogens is 2. The van der Waals surface area contributed by atoms with E-state index in [-0.39, 0.29) is 0 Å². The molecule has 0 amide bonds. The van der Waals surface area contributed by atoms with Gasteiger partial charge >= 0.3 is 0 Å². The number of imidazole rings is 1. The van der Waals surface area contributed by atoms with Gasteiger partial charge in [0.05, 0.1) is 12.0 Å². The van der Waals surface area contributed by atoms with E-state index in [1.807, 2.05) is 6.33 Å². The Morgan fingerprint density at radius 2 is 2.45 bits per heavy atom. The van der Waals surface area contributed by atoms with Gasteiger partial charge < -0.3 is 10.3 Å². The van der Waals surface area contributed by atoms with Gasteiger partial charge in [0, 0.05) is 12.7 Å². The van der Waals surface area contributed by atoms with Gasteiger partial charge in [-0.3, -0.25) is 0 Å². The minimum atomic E-state index is 0.750. The normalized spacial score (nSPS) is 10.4. The Hall–Kier alpha value is -0.830. The summed E-state index contributed by atoms with van der Waals surface area (Å²) in [5.41, 5.74) is 6.54. The van der Waals surface area contributed by atoms with E-state index in [2.05, 4.69) is 22.7 Å². The molecule has 2 N–H and O–H groups in total. The van der Waals surface area contributed by atoms with Crippen LogP contribution in [0.5, 0.6) is 0 Å². The third-order valence-electron chi connectivity index (χ3n) is 1.67. The molecule has 0 unspecified atom stereocenters. The minimum Gasteiger partial charge on any atom is -0.337 e. The molecular formula is C8H15N3. The summed E-state index contributed by atoms with van der Waals surface area (Å²) in [5, 5.41) is 0. The van der Waals surface area contributed by atoms with Crippen LogP contribution in [0.1, 0.15) is 19.0 Å². The SMILES string of the molecule is CCc1cn(CCCN)cn1. The second kappa shape index (κ2) is 4.13. The number of nitrogens with two attached hydrogens (primary N) is 1. The lowest BCUT2D eigenvalue weighted by Crippen LogP contribution is -2.03. The van der Waals surface area contributed by atoms with Crippen LogP contribution in [0.25, 0.3) is 0 Å². The largest absolute Gasteiger partial charge is 0.337 e. The van der Waals surface area contributed by atoms with Crippen LogP contribution in [0.15, 0.2) is 12.5 Å². The topological polar surface area (TPSA) is 43.8 Å². The van der Waals surface area contributed by atoms with Crippen molar-refractivity contribution in [1.29, 1.82) is 0 Å². The zero-order valence-electron chi connectivity index (χ0n) is 6.95. The van der Waals surface area contributed by atoms with Crippen molar-refractivity contribution in [3.05, 3.63) is 18.2 Å². The van der Waals surface area contributed by atoms with Gasteiger partial charge in [0.25, 0.3) is 0 Å². The van der Waals surface area contributed by atoms with Crippen molar-refractivity contribution in [2.45, 2.75) is 26.3 Å². The maximum absolute atomic E-state index is 5.38. The van der Waals surface area contributed by atoms with Crippen molar-refractivity contribution in [2.75, 3.05) is 6.54 Å². The minimum absolute atomic E-state index is 0.750. The van der Waals surface area contributed by atoms with Crippen LogP contribution in [-0.4, -0.2) is 16.1 Å². The van der Waals surface area contributed by atoms with Crippen molar-refractivity contribution in [1.82, 2.24) is 9.55 Å². The summed E-state index contributed by atoms with van der Waals surface area (Å²) in [7, 11) is 0. The first-order chi connectivity index (χ1) is 5.36. The fourth-order valence-corrected chi connectivity index (χ4v) is 0.985. The van der Waals surface area contributed by atoms with Gasteiger partial charge in [-0.2, -0.15) is 0 Å². The summed E-state index contributed by atoms with van der Waals surface area (Å²) >= 11 is 0. The lowest BCUT2D eigenvalue weighted by Gasteiger charge is -1.97. The Morgan fingerprint density at radius 3 is 3.00 bits per heavy atom. The molecule has 0 fully saturated rings. The number of hydrogen-bond acceptors (Lipinski definition) is 2. The lowest BCUT2D eigenvalue weighted by molar-refractivity contribution is 0.649. The Bertz CT molecular complexity index is 205. The van der Waals surface area contributed by atoms with E-state index in [4.69, 9.17) is 5.73 Å². The van der Waals surface area contributed by atoms with Gasteiger partial charge in [0.1, 0.15) is 0 Å². The quantitative estimate of drug-likeness (QED) is 0.695. The van der Waals surface area contributed by atoms with Gasteiger partial charge in [-0.05, 0) is 19.4 Å². The van der Waals surface area contributed by atoms with E-state index < -0.39 is 0 Å². The van der Waals surface area contributed by atoms with Crippen molar-refractivity contribution in [3.63, 3.8) is 0 Å². The highest BCUT2D eigenvalue weighted by Crippen LogP contribution is 1.97. The predicted octanol–water partition coefficient (Wildman–Crippen LogP) is 0.794. The summed E-state index contributed by atoms with van der Waals surface area (Å²) in [6.45, 7) is 3.85. The van der Waals surface area contributed by atoms with Crippen molar-refractivity contribution < 1.29 is 0 Å². The Balaban J connectivity index is 2.44. The van der Waals surface area contributed by atoms with Crippen molar-refractivity contribution in [2.24, 2.45) is 5.73 Å². The van der Waals surface area contributed by atoms with Crippen LogP contribution in [0.4, 0.5) is 0 Å². The average Bonchev–Trinajstić information content (AvgIpc) is 2.48. The number of rotatable bonds is 4. The first kappa shape index (κ1) is 8.27. The Labute approximate surface area is 67.2 Å². The van der Waals surface area contributed by atoms with Crippen LogP contribution < -0.4 is 5.73 Å². The van der Waals surface area contributed by atoms with E-state index in [0.717, 1.165) is 31.6 Å². The summed E-state index contributed by atoms with van der Waals surface area (Å²) in [5.74, 6) is 0. The first-order valence-corrected chi connectivity index (χ1v) is 4.07.